The minimum absolute atomic E-state index is 0.0276. The Morgan fingerprint density at radius 2 is 1.53 bits per heavy atom. The van der Waals surface area contributed by atoms with Gasteiger partial charge in [0.15, 0.2) is 0 Å². The predicted octanol–water partition coefficient (Wildman–Crippen LogP) is 6.55. The van der Waals surface area contributed by atoms with Gasteiger partial charge in [-0.05, 0) is 72.9 Å². The van der Waals surface area contributed by atoms with Crippen LogP contribution in [0.15, 0.2) is 108 Å². The number of amides is 2. The molecule has 2 amide bonds. The van der Waals surface area contributed by atoms with E-state index in [1.54, 1.807) is 54.6 Å². The smallest absolute Gasteiger partial charge is 0.264 e. The standard InChI is InChI=1S/C37H40ClN3O5S/c1-27-17-22-35(46-2)33(23-27)41(47(44,45)32-15-7-4-8-16-32)26-36(42)40(25-29-18-20-30(38)21-19-29)34(24-28-11-5-3-6-12-28)37(43)39-31-13-9-10-14-31/h3-8,11-12,15-23,31,34H,9-10,13-14,24-26H2,1-2H3,(H,39,43)/t34-/m0/s1. The molecule has 5 rings (SSSR count). The molecule has 1 aliphatic rings. The lowest BCUT2D eigenvalue weighted by atomic mass is 10.0. The largest absolute Gasteiger partial charge is 0.495 e. The summed E-state index contributed by atoms with van der Waals surface area (Å²) in [5.41, 5.74) is 2.64. The maximum absolute atomic E-state index is 14.7. The normalized spacial score (nSPS) is 13.9. The SMILES string of the molecule is COc1ccc(C)cc1N(CC(=O)N(Cc1ccc(Cl)cc1)[C@@H](Cc1ccccc1)C(=O)NC1CCCC1)S(=O)(=O)c1ccccc1. The average molecular weight is 674 g/mol. The zero-order chi connectivity index (χ0) is 33.4. The van der Waals surface area contributed by atoms with Gasteiger partial charge in [0.05, 0.1) is 17.7 Å². The lowest BCUT2D eigenvalue weighted by molar-refractivity contribution is -0.140. The van der Waals surface area contributed by atoms with Gasteiger partial charge in [-0.15, -0.1) is 0 Å². The number of rotatable bonds is 13. The van der Waals surface area contributed by atoms with Gasteiger partial charge >= 0.3 is 0 Å². The van der Waals surface area contributed by atoms with Crippen LogP contribution >= 0.6 is 11.6 Å². The van der Waals surface area contributed by atoms with Crippen LogP contribution in [0.25, 0.3) is 0 Å². The zero-order valence-corrected chi connectivity index (χ0v) is 28.2. The molecule has 1 saturated carbocycles. The fraction of sp³-hybridized carbons (Fsp3) is 0.297. The van der Waals surface area contributed by atoms with Gasteiger partial charge in [0.2, 0.25) is 11.8 Å². The fourth-order valence-electron chi connectivity index (χ4n) is 5.94. The van der Waals surface area contributed by atoms with Crippen molar-refractivity contribution in [2.24, 2.45) is 0 Å². The molecule has 0 unspecified atom stereocenters. The van der Waals surface area contributed by atoms with Crippen LogP contribution in [0.4, 0.5) is 5.69 Å². The van der Waals surface area contributed by atoms with Gasteiger partial charge in [-0.3, -0.25) is 13.9 Å². The second-order valence-electron chi connectivity index (χ2n) is 11.8. The van der Waals surface area contributed by atoms with Gasteiger partial charge < -0.3 is 15.0 Å². The Kier molecular flexibility index (Phi) is 11.2. The van der Waals surface area contributed by atoms with Crippen LogP contribution in [-0.2, 0) is 32.6 Å². The number of sulfonamides is 1. The van der Waals surface area contributed by atoms with Crippen LogP contribution in [0.2, 0.25) is 5.02 Å². The number of nitrogens with zero attached hydrogens (tertiary/aromatic N) is 2. The summed E-state index contributed by atoms with van der Waals surface area (Å²) >= 11 is 6.18. The van der Waals surface area contributed by atoms with E-state index in [-0.39, 0.29) is 35.5 Å². The van der Waals surface area contributed by atoms with Crippen molar-refractivity contribution in [2.75, 3.05) is 18.0 Å². The summed E-state index contributed by atoms with van der Waals surface area (Å²) in [6.45, 7) is 1.34. The van der Waals surface area contributed by atoms with Gasteiger partial charge in [0.25, 0.3) is 10.0 Å². The van der Waals surface area contributed by atoms with E-state index in [0.29, 0.717) is 10.8 Å². The van der Waals surface area contributed by atoms with Crippen molar-refractivity contribution >= 4 is 39.1 Å². The maximum Gasteiger partial charge on any atom is 0.264 e. The number of halogens is 1. The predicted molar refractivity (Wildman–Crippen MR) is 185 cm³/mol. The second-order valence-corrected chi connectivity index (χ2v) is 14.1. The Bertz CT molecular complexity index is 1760. The van der Waals surface area contributed by atoms with Crippen molar-refractivity contribution in [1.29, 1.82) is 0 Å². The molecule has 0 heterocycles. The Morgan fingerprint density at radius 3 is 2.17 bits per heavy atom. The van der Waals surface area contributed by atoms with Crippen molar-refractivity contribution < 1.29 is 22.7 Å². The monoisotopic (exact) mass is 673 g/mol. The van der Waals surface area contributed by atoms with E-state index >= 15 is 0 Å². The summed E-state index contributed by atoms with van der Waals surface area (Å²) in [4.78, 5) is 30.4. The number of hydrogen-bond donors (Lipinski definition) is 1. The summed E-state index contributed by atoms with van der Waals surface area (Å²) < 4.78 is 35.3. The van der Waals surface area contributed by atoms with Crippen LogP contribution in [-0.4, -0.2) is 50.9 Å². The van der Waals surface area contributed by atoms with Gasteiger partial charge in [-0.1, -0.05) is 91.2 Å². The first-order valence-corrected chi connectivity index (χ1v) is 17.6. The fourth-order valence-corrected chi connectivity index (χ4v) is 7.50. The number of carbonyl (C=O) groups excluding carboxylic acids is 2. The maximum atomic E-state index is 14.7. The number of aryl methyl sites for hydroxylation is 1. The molecular weight excluding hydrogens is 634 g/mol. The van der Waals surface area contributed by atoms with E-state index in [1.807, 2.05) is 43.3 Å². The first-order chi connectivity index (χ1) is 22.7. The van der Waals surface area contributed by atoms with Crippen LogP contribution in [0.1, 0.15) is 42.4 Å². The van der Waals surface area contributed by atoms with Crippen molar-refractivity contribution in [1.82, 2.24) is 10.2 Å². The lowest BCUT2D eigenvalue weighted by Crippen LogP contribution is -2.54. The second kappa shape index (κ2) is 15.5. The number of methoxy groups -OCH3 is 1. The molecule has 4 aromatic rings. The molecule has 0 saturated heterocycles. The minimum atomic E-state index is -4.25. The van der Waals surface area contributed by atoms with Crippen LogP contribution < -0.4 is 14.4 Å². The van der Waals surface area contributed by atoms with Crippen molar-refractivity contribution in [3.05, 3.63) is 125 Å². The van der Waals surface area contributed by atoms with Gasteiger partial charge in [-0.2, -0.15) is 0 Å². The highest BCUT2D eigenvalue weighted by atomic mass is 35.5. The Morgan fingerprint density at radius 1 is 0.894 bits per heavy atom. The molecule has 1 atom stereocenters. The molecule has 1 fully saturated rings. The zero-order valence-electron chi connectivity index (χ0n) is 26.6. The summed E-state index contributed by atoms with van der Waals surface area (Å²) in [6.07, 6.45) is 4.08. The van der Waals surface area contributed by atoms with E-state index < -0.39 is 28.5 Å². The quantitative estimate of drug-likeness (QED) is 0.174. The molecule has 246 valence electrons. The van der Waals surface area contributed by atoms with E-state index in [1.165, 1.54) is 24.1 Å². The molecule has 10 heteroatoms. The molecule has 0 bridgehead atoms. The molecule has 0 radical (unpaired) electrons. The highest BCUT2D eigenvalue weighted by molar-refractivity contribution is 7.92. The number of carbonyl (C=O) groups is 2. The van der Waals surface area contributed by atoms with E-state index in [9.17, 15) is 18.0 Å². The molecule has 47 heavy (non-hydrogen) atoms. The Hall–Kier alpha value is -4.34. The summed E-state index contributed by atoms with van der Waals surface area (Å²) in [5.74, 6) is -0.508. The van der Waals surface area contributed by atoms with Gasteiger partial charge in [-0.25, -0.2) is 8.42 Å². The third-order valence-electron chi connectivity index (χ3n) is 8.45. The van der Waals surface area contributed by atoms with Crippen molar-refractivity contribution in [2.45, 2.75) is 62.6 Å². The average Bonchev–Trinajstić information content (AvgIpc) is 3.59. The highest BCUT2D eigenvalue weighted by Gasteiger charge is 2.36. The van der Waals surface area contributed by atoms with Crippen LogP contribution in [0.5, 0.6) is 5.75 Å². The molecule has 0 aromatic heterocycles. The van der Waals surface area contributed by atoms with Crippen molar-refractivity contribution in [3.63, 3.8) is 0 Å². The Labute approximate surface area is 282 Å². The summed E-state index contributed by atoms with van der Waals surface area (Å²) in [6, 6.07) is 28.9. The number of nitrogens with one attached hydrogen (secondary N) is 1. The highest BCUT2D eigenvalue weighted by Crippen LogP contribution is 2.34. The van der Waals surface area contributed by atoms with Crippen LogP contribution in [0, 0.1) is 6.92 Å². The Balaban J connectivity index is 1.59. The first kappa shape index (κ1) is 34.0. The van der Waals surface area contributed by atoms with E-state index in [0.717, 1.165) is 46.7 Å². The molecule has 0 aliphatic heterocycles. The third-order valence-corrected chi connectivity index (χ3v) is 10.5. The van der Waals surface area contributed by atoms with Crippen molar-refractivity contribution in [3.8, 4) is 5.75 Å². The minimum Gasteiger partial charge on any atom is -0.495 e. The molecule has 8 nitrogen and oxygen atoms in total. The summed E-state index contributed by atoms with van der Waals surface area (Å²) in [7, 11) is -2.79. The number of anilines is 1. The van der Waals surface area contributed by atoms with E-state index in [2.05, 4.69) is 5.32 Å². The number of benzene rings is 4. The first-order valence-electron chi connectivity index (χ1n) is 15.8. The molecule has 1 aliphatic carbocycles. The lowest BCUT2D eigenvalue weighted by Gasteiger charge is -2.34. The topological polar surface area (TPSA) is 96.0 Å². The molecular formula is C37H40ClN3O5S. The third kappa shape index (κ3) is 8.53. The molecule has 0 spiro atoms. The number of hydrogen-bond acceptors (Lipinski definition) is 5. The van der Waals surface area contributed by atoms with Gasteiger partial charge in [0, 0.05) is 24.0 Å². The van der Waals surface area contributed by atoms with Gasteiger partial charge in [0.1, 0.15) is 18.3 Å². The molecule has 1 N–H and O–H groups in total. The van der Waals surface area contributed by atoms with Crippen LogP contribution in [0.3, 0.4) is 0 Å². The van der Waals surface area contributed by atoms with E-state index in [4.69, 9.17) is 16.3 Å². The summed E-state index contributed by atoms with van der Waals surface area (Å²) in [5, 5.41) is 3.73. The number of ether oxygens (including phenoxy) is 1. The molecule has 4 aromatic carbocycles.